The van der Waals surface area contributed by atoms with Crippen molar-refractivity contribution in [3.8, 4) is 11.1 Å². The number of rotatable bonds is 5. The third-order valence-corrected chi connectivity index (χ3v) is 7.13. The number of aliphatic hydroxyl groups is 1. The summed E-state index contributed by atoms with van der Waals surface area (Å²) in [6, 6.07) is 11.3. The van der Waals surface area contributed by atoms with Gasteiger partial charge in [-0.15, -0.1) is 11.3 Å². The van der Waals surface area contributed by atoms with Crippen LogP contribution >= 0.6 is 11.3 Å². The summed E-state index contributed by atoms with van der Waals surface area (Å²) >= 11 is 1.70. The van der Waals surface area contributed by atoms with Gasteiger partial charge in [0.2, 0.25) is 0 Å². The molecule has 2 aliphatic heterocycles. The molecule has 4 heterocycles. The van der Waals surface area contributed by atoms with Gasteiger partial charge in [-0.1, -0.05) is 30.3 Å². The molecule has 2 aromatic heterocycles. The first-order valence-electron chi connectivity index (χ1n) is 10.2. The van der Waals surface area contributed by atoms with Gasteiger partial charge in [0.05, 0.1) is 12.0 Å². The van der Waals surface area contributed by atoms with Crippen LogP contribution in [0.1, 0.15) is 25.7 Å². The van der Waals surface area contributed by atoms with Crippen molar-refractivity contribution < 1.29 is 5.11 Å². The molecule has 0 radical (unpaired) electrons. The van der Waals surface area contributed by atoms with E-state index in [1.807, 2.05) is 0 Å². The maximum atomic E-state index is 9.69. The Morgan fingerprint density at radius 1 is 1.04 bits per heavy atom. The van der Waals surface area contributed by atoms with Crippen LogP contribution in [0.4, 0.5) is 5.82 Å². The zero-order valence-electron chi connectivity index (χ0n) is 16.0. The Balaban J connectivity index is 1.50. The topological polar surface area (TPSA) is 52.5 Å². The number of likely N-dealkylation sites (tertiary alicyclic amines) is 1. The molecule has 0 amide bonds. The molecule has 2 fully saturated rings. The molecule has 0 aliphatic carbocycles. The first-order chi connectivity index (χ1) is 13.8. The minimum Gasteiger partial charge on any atom is -0.395 e. The average molecular weight is 395 g/mol. The van der Waals surface area contributed by atoms with Gasteiger partial charge in [-0.3, -0.25) is 4.90 Å². The van der Waals surface area contributed by atoms with Gasteiger partial charge in [-0.25, -0.2) is 9.97 Å². The lowest BCUT2D eigenvalue weighted by molar-refractivity contribution is 0.153. The fraction of sp³-hybridized carbons (Fsp3) is 0.455. The molecule has 0 saturated carbocycles. The maximum absolute atomic E-state index is 9.69. The van der Waals surface area contributed by atoms with Gasteiger partial charge in [0.1, 0.15) is 17.0 Å². The molecule has 2 atom stereocenters. The summed E-state index contributed by atoms with van der Waals surface area (Å²) in [6.07, 6.45) is 6.40. The van der Waals surface area contributed by atoms with Crippen molar-refractivity contribution in [2.24, 2.45) is 0 Å². The number of fused-ring (bicyclic) bond motifs is 1. The van der Waals surface area contributed by atoms with E-state index in [1.165, 1.54) is 35.8 Å². The van der Waals surface area contributed by atoms with Crippen LogP contribution in [0.2, 0.25) is 0 Å². The highest BCUT2D eigenvalue weighted by Gasteiger charge is 2.33. The number of aliphatic hydroxyl groups excluding tert-OH is 1. The summed E-state index contributed by atoms with van der Waals surface area (Å²) in [5.74, 6) is 1.08. The normalized spacial score (nSPS) is 23.1. The fourth-order valence-electron chi connectivity index (χ4n) is 4.82. The van der Waals surface area contributed by atoms with Crippen LogP contribution in [-0.4, -0.2) is 58.3 Å². The third kappa shape index (κ3) is 3.19. The van der Waals surface area contributed by atoms with Crippen molar-refractivity contribution in [1.29, 1.82) is 0 Å². The highest BCUT2D eigenvalue weighted by molar-refractivity contribution is 7.17. The number of benzene rings is 1. The smallest absolute Gasteiger partial charge is 0.141 e. The van der Waals surface area contributed by atoms with E-state index in [1.54, 1.807) is 17.7 Å². The van der Waals surface area contributed by atoms with Crippen LogP contribution in [0, 0.1) is 0 Å². The summed E-state index contributed by atoms with van der Waals surface area (Å²) < 4.78 is 0. The molecule has 1 N–H and O–H groups in total. The number of hydrogen-bond acceptors (Lipinski definition) is 6. The Labute approximate surface area is 169 Å². The average Bonchev–Trinajstić information content (AvgIpc) is 3.48. The minimum absolute atomic E-state index is 0.271. The quantitative estimate of drug-likeness (QED) is 0.714. The van der Waals surface area contributed by atoms with Crippen LogP contribution in [-0.2, 0) is 0 Å². The number of anilines is 1. The molecule has 146 valence electrons. The SMILES string of the molecule is OC[C@H]1CCCN1C[C@H]1CCCN1c1ncnc2scc(-c3ccccc3)c12. The summed E-state index contributed by atoms with van der Waals surface area (Å²) in [5, 5.41) is 13.1. The second-order valence-electron chi connectivity index (χ2n) is 7.86. The number of aromatic nitrogens is 2. The van der Waals surface area contributed by atoms with E-state index in [2.05, 4.69) is 50.5 Å². The molecule has 0 unspecified atom stereocenters. The van der Waals surface area contributed by atoms with E-state index in [-0.39, 0.29) is 6.61 Å². The van der Waals surface area contributed by atoms with Crippen LogP contribution in [0.15, 0.2) is 42.0 Å². The minimum atomic E-state index is 0.271. The Morgan fingerprint density at radius 3 is 2.71 bits per heavy atom. The largest absolute Gasteiger partial charge is 0.395 e. The van der Waals surface area contributed by atoms with Gasteiger partial charge in [0, 0.05) is 36.1 Å². The zero-order chi connectivity index (χ0) is 18.9. The van der Waals surface area contributed by atoms with Gasteiger partial charge in [-0.2, -0.15) is 0 Å². The molecule has 5 nitrogen and oxygen atoms in total. The fourth-order valence-corrected chi connectivity index (χ4v) is 5.74. The van der Waals surface area contributed by atoms with E-state index in [0.717, 1.165) is 36.7 Å². The second-order valence-corrected chi connectivity index (χ2v) is 8.71. The van der Waals surface area contributed by atoms with Crippen LogP contribution in [0.3, 0.4) is 0 Å². The molecule has 2 aliphatic rings. The summed E-state index contributed by atoms with van der Waals surface area (Å²) in [4.78, 5) is 15.3. The van der Waals surface area contributed by atoms with Crippen molar-refractivity contribution in [3.05, 3.63) is 42.0 Å². The van der Waals surface area contributed by atoms with Gasteiger partial charge in [-0.05, 0) is 37.8 Å². The van der Waals surface area contributed by atoms with Gasteiger partial charge in [0.15, 0.2) is 0 Å². The van der Waals surface area contributed by atoms with Crippen molar-refractivity contribution in [2.45, 2.75) is 37.8 Å². The van der Waals surface area contributed by atoms with Crippen molar-refractivity contribution in [3.63, 3.8) is 0 Å². The summed E-state index contributed by atoms with van der Waals surface area (Å²) in [6.45, 7) is 3.43. The molecule has 2 saturated heterocycles. The monoisotopic (exact) mass is 394 g/mol. The first-order valence-corrected chi connectivity index (χ1v) is 11.1. The molecule has 3 aromatic rings. The number of thiophene rings is 1. The molecule has 0 spiro atoms. The Bertz CT molecular complexity index is 944. The Kier molecular flexibility index (Phi) is 5.01. The first kappa shape index (κ1) is 18.0. The lowest BCUT2D eigenvalue weighted by Crippen LogP contribution is -2.43. The van der Waals surface area contributed by atoms with Crippen LogP contribution in [0.25, 0.3) is 21.3 Å². The van der Waals surface area contributed by atoms with Crippen molar-refractivity contribution >= 4 is 27.4 Å². The van der Waals surface area contributed by atoms with E-state index in [4.69, 9.17) is 4.98 Å². The van der Waals surface area contributed by atoms with Crippen molar-refractivity contribution in [1.82, 2.24) is 14.9 Å². The zero-order valence-corrected chi connectivity index (χ0v) is 16.8. The second kappa shape index (κ2) is 7.78. The molecule has 28 heavy (non-hydrogen) atoms. The highest BCUT2D eigenvalue weighted by atomic mass is 32.1. The van der Waals surface area contributed by atoms with Crippen LogP contribution < -0.4 is 4.90 Å². The molecule has 1 aromatic carbocycles. The number of hydrogen-bond donors (Lipinski definition) is 1. The molecular weight excluding hydrogens is 368 g/mol. The maximum Gasteiger partial charge on any atom is 0.141 e. The van der Waals surface area contributed by atoms with Gasteiger partial charge < -0.3 is 10.0 Å². The highest BCUT2D eigenvalue weighted by Crippen LogP contribution is 2.40. The van der Waals surface area contributed by atoms with Gasteiger partial charge in [0.25, 0.3) is 0 Å². The van der Waals surface area contributed by atoms with E-state index < -0.39 is 0 Å². The summed E-state index contributed by atoms with van der Waals surface area (Å²) in [7, 11) is 0. The third-order valence-electron chi connectivity index (χ3n) is 6.24. The van der Waals surface area contributed by atoms with Crippen LogP contribution in [0.5, 0.6) is 0 Å². The molecular formula is C22H26N4OS. The van der Waals surface area contributed by atoms with E-state index in [9.17, 15) is 5.11 Å². The Hall–Kier alpha value is -2.02. The lowest BCUT2D eigenvalue weighted by Gasteiger charge is -2.32. The lowest BCUT2D eigenvalue weighted by atomic mass is 10.1. The predicted octanol–water partition coefficient (Wildman–Crippen LogP) is 3.78. The van der Waals surface area contributed by atoms with E-state index in [0.29, 0.717) is 12.1 Å². The predicted molar refractivity (Wildman–Crippen MR) is 115 cm³/mol. The van der Waals surface area contributed by atoms with Gasteiger partial charge >= 0.3 is 0 Å². The Morgan fingerprint density at radius 2 is 1.86 bits per heavy atom. The molecule has 0 bridgehead atoms. The standard InChI is InChI=1S/C22H26N4OS/c27-13-18-9-4-10-25(18)12-17-8-5-11-26(17)21-20-19(16-6-2-1-3-7-16)14-28-22(20)24-15-23-21/h1-3,6-7,14-15,17-18,27H,4-5,8-13H2/t17-,18-/m1/s1. The molecule has 6 heteroatoms. The number of nitrogens with zero attached hydrogens (tertiary/aromatic N) is 4. The molecule has 5 rings (SSSR count). The summed E-state index contributed by atoms with van der Waals surface area (Å²) in [5.41, 5.74) is 2.46. The van der Waals surface area contributed by atoms with E-state index >= 15 is 0 Å². The van der Waals surface area contributed by atoms with Crippen molar-refractivity contribution in [2.75, 3.05) is 31.1 Å².